The number of anilines is 2. The van der Waals surface area contributed by atoms with Crippen molar-refractivity contribution in [3.05, 3.63) is 60.2 Å². The van der Waals surface area contributed by atoms with Crippen LogP contribution in [0.2, 0.25) is 0 Å². The van der Waals surface area contributed by atoms with Crippen molar-refractivity contribution in [3.8, 4) is 0 Å². The van der Waals surface area contributed by atoms with Gasteiger partial charge in [0.2, 0.25) is 5.91 Å². The number of ketones is 1. The van der Waals surface area contributed by atoms with E-state index in [1.54, 1.807) is 0 Å². The Labute approximate surface area is 148 Å². The van der Waals surface area contributed by atoms with Crippen LogP contribution in [0.5, 0.6) is 0 Å². The fraction of sp³-hybridized carbons (Fsp3) is 0.333. The van der Waals surface area contributed by atoms with Gasteiger partial charge in [0.05, 0.1) is 0 Å². The van der Waals surface area contributed by atoms with Crippen molar-refractivity contribution in [1.82, 2.24) is 0 Å². The minimum Gasteiger partial charge on any atom is -0.371 e. The van der Waals surface area contributed by atoms with Crippen LogP contribution in [0.25, 0.3) is 0 Å². The molecule has 1 N–H and O–H groups in total. The van der Waals surface area contributed by atoms with Gasteiger partial charge in [-0.3, -0.25) is 9.59 Å². The number of nitrogens with one attached hydrogen (secondary N) is 1. The van der Waals surface area contributed by atoms with Gasteiger partial charge in [0, 0.05) is 42.9 Å². The molecule has 2 aromatic rings. The highest BCUT2D eigenvalue weighted by molar-refractivity contribution is 5.96. The summed E-state index contributed by atoms with van der Waals surface area (Å²) in [6.45, 7) is 2.16. The maximum absolute atomic E-state index is 12.1. The second-order valence-corrected chi connectivity index (χ2v) is 6.44. The Morgan fingerprint density at radius 3 is 2.44 bits per heavy atom. The summed E-state index contributed by atoms with van der Waals surface area (Å²) in [5.74, 6) is 0.0452. The van der Waals surface area contributed by atoms with Crippen LogP contribution in [0.15, 0.2) is 54.6 Å². The third-order valence-corrected chi connectivity index (χ3v) is 4.50. The predicted molar refractivity (Wildman–Crippen MR) is 101 cm³/mol. The molecule has 1 fully saturated rings. The molecule has 0 bridgehead atoms. The summed E-state index contributed by atoms with van der Waals surface area (Å²) >= 11 is 0. The Morgan fingerprint density at radius 2 is 1.68 bits per heavy atom. The molecule has 0 atom stereocenters. The lowest BCUT2D eigenvalue weighted by Crippen LogP contribution is -2.18. The van der Waals surface area contributed by atoms with Crippen molar-refractivity contribution in [2.45, 2.75) is 32.1 Å². The van der Waals surface area contributed by atoms with Crippen LogP contribution in [0.1, 0.15) is 42.5 Å². The number of nitrogens with zero attached hydrogens (tertiary/aromatic N) is 1. The maximum atomic E-state index is 12.1. The fourth-order valence-electron chi connectivity index (χ4n) is 3.16. The quantitative estimate of drug-likeness (QED) is 0.768. The van der Waals surface area contributed by atoms with Gasteiger partial charge < -0.3 is 10.2 Å². The van der Waals surface area contributed by atoms with Gasteiger partial charge in [-0.25, -0.2) is 0 Å². The molecule has 0 unspecified atom stereocenters. The zero-order chi connectivity index (χ0) is 17.5. The summed E-state index contributed by atoms with van der Waals surface area (Å²) in [4.78, 5) is 26.5. The van der Waals surface area contributed by atoms with Gasteiger partial charge in [0.25, 0.3) is 0 Å². The second-order valence-electron chi connectivity index (χ2n) is 6.44. The van der Waals surface area contributed by atoms with Crippen molar-refractivity contribution in [2.24, 2.45) is 0 Å². The standard InChI is InChI=1S/C21H24N2O2/c24-20(17-8-2-1-3-9-17)12-7-13-21(25)22-18-10-6-11-19(16-18)23-14-4-5-15-23/h1-3,6,8-11,16H,4-5,7,12-15H2,(H,22,25). The number of carbonyl (C=O) groups is 2. The summed E-state index contributed by atoms with van der Waals surface area (Å²) < 4.78 is 0. The van der Waals surface area contributed by atoms with Crippen LogP contribution >= 0.6 is 0 Å². The molecule has 0 saturated carbocycles. The molecule has 1 saturated heterocycles. The van der Waals surface area contributed by atoms with Gasteiger partial charge in [-0.2, -0.15) is 0 Å². The Hall–Kier alpha value is -2.62. The van der Waals surface area contributed by atoms with Crippen LogP contribution in [0, 0.1) is 0 Å². The normalized spacial score (nSPS) is 13.7. The van der Waals surface area contributed by atoms with Gasteiger partial charge in [0.15, 0.2) is 5.78 Å². The van der Waals surface area contributed by atoms with Gasteiger partial charge in [0.1, 0.15) is 0 Å². The molecular weight excluding hydrogens is 312 g/mol. The van der Waals surface area contributed by atoms with Gasteiger partial charge >= 0.3 is 0 Å². The highest BCUT2D eigenvalue weighted by Crippen LogP contribution is 2.23. The zero-order valence-corrected chi connectivity index (χ0v) is 14.4. The smallest absolute Gasteiger partial charge is 0.224 e. The maximum Gasteiger partial charge on any atom is 0.224 e. The number of carbonyl (C=O) groups excluding carboxylic acids is 2. The lowest BCUT2D eigenvalue weighted by atomic mass is 10.1. The topological polar surface area (TPSA) is 49.4 Å². The van der Waals surface area contributed by atoms with E-state index in [2.05, 4.69) is 16.3 Å². The lowest BCUT2D eigenvalue weighted by Gasteiger charge is -2.18. The van der Waals surface area contributed by atoms with E-state index in [1.165, 1.54) is 12.8 Å². The number of amides is 1. The SMILES string of the molecule is O=C(CCCC(=O)c1ccccc1)Nc1cccc(N2CCCC2)c1. The number of hydrogen-bond donors (Lipinski definition) is 1. The molecule has 0 radical (unpaired) electrons. The van der Waals surface area contributed by atoms with Crippen LogP contribution in [0.4, 0.5) is 11.4 Å². The molecule has 130 valence electrons. The monoisotopic (exact) mass is 336 g/mol. The Balaban J connectivity index is 1.46. The van der Waals surface area contributed by atoms with E-state index in [-0.39, 0.29) is 11.7 Å². The fourth-order valence-corrected chi connectivity index (χ4v) is 3.16. The van der Waals surface area contributed by atoms with E-state index < -0.39 is 0 Å². The lowest BCUT2D eigenvalue weighted by molar-refractivity contribution is -0.116. The average Bonchev–Trinajstić information content (AvgIpc) is 3.17. The molecule has 4 heteroatoms. The first-order chi connectivity index (χ1) is 12.2. The summed E-state index contributed by atoms with van der Waals surface area (Å²) in [5, 5.41) is 2.94. The van der Waals surface area contributed by atoms with E-state index in [9.17, 15) is 9.59 Å². The van der Waals surface area contributed by atoms with Crippen LogP contribution < -0.4 is 10.2 Å². The molecule has 1 heterocycles. The summed E-state index contributed by atoms with van der Waals surface area (Å²) in [6.07, 6.45) is 3.77. The average molecular weight is 336 g/mol. The Morgan fingerprint density at radius 1 is 0.920 bits per heavy atom. The largest absolute Gasteiger partial charge is 0.371 e. The third-order valence-electron chi connectivity index (χ3n) is 4.50. The first kappa shape index (κ1) is 17.2. The summed E-state index contributed by atoms with van der Waals surface area (Å²) in [6, 6.07) is 17.2. The van der Waals surface area contributed by atoms with Gasteiger partial charge in [-0.1, -0.05) is 36.4 Å². The van der Waals surface area contributed by atoms with E-state index in [1.807, 2.05) is 48.5 Å². The molecule has 4 nitrogen and oxygen atoms in total. The first-order valence-corrected chi connectivity index (χ1v) is 8.95. The van der Waals surface area contributed by atoms with E-state index in [4.69, 9.17) is 0 Å². The Bertz CT molecular complexity index is 722. The summed E-state index contributed by atoms with van der Waals surface area (Å²) in [5.41, 5.74) is 2.69. The van der Waals surface area contributed by atoms with E-state index in [0.717, 1.165) is 24.5 Å². The van der Waals surface area contributed by atoms with Crippen LogP contribution in [-0.4, -0.2) is 24.8 Å². The molecule has 25 heavy (non-hydrogen) atoms. The molecule has 0 aliphatic carbocycles. The number of Topliss-reactive ketones (excluding diaryl/α,β-unsaturated/α-hetero) is 1. The van der Waals surface area contributed by atoms with Crippen LogP contribution in [0.3, 0.4) is 0 Å². The molecule has 2 aromatic carbocycles. The number of hydrogen-bond acceptors (Lipinski definition) is 3. The molecule has 1 amide bonds. The molecule has 1 aliphatic heterocycles. The highest BCUT2D eigenvalue weighted by Gasteiger charge is 2.13. The van der Waals surface area contributed by atoms with Crippen molar-refractivity contribution >= 4 is 23.1 Å². The van der Waals surface area contributed by atoms with Crippen molar-refractivity contribution in [2.75, 3.05) is 23.3 Å². The predicted octanol–water partition coefficient (Wildman–Crippen LogP) is 4.28. The molecule has 0 spiro atoms. The number of rotatable bonds is 7. The molecule has 1 aliphatic rings. The van der Waals surface area contributed by atoms with Crippen molar-refractivity contribution in [3.63, 3.8) is 0 Å². The first-order valence-electron chi connectivity index (χ1n) is 8.95. The van der Waals surface area contributed by atoms with E-state index in [0.29, 0.717) is 24.8 Å². The zero-order valence-electron chi connectivity index (χ0n) is 14.4. The molecular formula is C21H24N2O2. The van der Waals surface area contributed by atoms with Gasteiger partial charge in [-0.15, -0.1) is 0 Å². The Kier molecular flexibility index (Phi) is 5.83. The van der Waals surface area contributed by atoms with Crippen molar-refractivity contribution in [1.29, 1.82) is 0 Å². The molecule has 3 rings (SSSR count). The molecule has 0 aromatic heterocycles. The minimum absolute atomic E-state index is 0.0422. The summed E-state index contributed by atoms with van der Waals surface area (Å²) in [7, 11) is 0. The second kappa shape index (κ2) is 8.47. The highest BCUT2D eigenvalue weighted by atomic mass is 16.1. The third kappa shape index (κ3) is 4.92. The minimum atomic E-state index is -0.0422. The van der Waals surface area contributed by atoms with Gasteiger partial charge in [-0.05, 0) is 37.5 Å². The van der Waals surface area contributed by atoms with E-state index >= 15 is 0 Å². The van der Waals surface area contributed by atoms with Crippen molar-refractivity contribution < 1.29 is 9.59 Å². The number of benzene rings is 2. The van der Waals surface area contributed by atoms with Crippen LogP contribution in [-0.2, 0) is 4.79 Å².